The molecule has 0 fully saturated rings. The van der Waals surface area contributed by atoms with E-state index in [0.29, 0.717) is 23.8 Å². The van der Waals surface area contributed by atoms with Gasteiger partial charge in [-0.05, 0) is 42.0 Å². The number of benzene rings is 3. The number of alkyl halides is 3. The zero-order valence-corrected chi connectivity index (χ0v) is 18.0. The average Bonchev–Trinajstić information content (AvgIpc) is 2.76. The lowest BCUT2D eigenvalue weighted by Crippen LogP contribution is -2.28. The average molecular weight is 491 g/mol. The van der Waals surface area contributed by atoms with E-state index in [1.165, 1.54) is 43.3 Å². The van der Waals surface area contributed by atoms with Gasteiger partial charge in [-0.25, -0.2) is 13.6 Å². The van der Waals surface area contributed by atoms with Gasteiger partial charge in [-0.2, -0.15) is 13.2 Å². The van der Waals surface area contributed by atoms with Crippen LogP contribution in [0.3, 0.4) is 0 Å². The van der Waals surface area contributed by atoms with Gasteiger partial charge in [0.15, 0.2) is 5.82 Å². The molecule has 6 N–H and O–H groups in total. The van der Waals surface area contributed by atoms with Crippen molar-refractivity contribution in [2.24, 2.45) is 0 Å². The highest BCUT2D eigenvalue weighted by Crippen LogP contribution is 2.32. The quantitative estimate of drug-likeness (QED) is 0.147. The van der Waals surface area contributed by atoms with Crippen LogP contribution in [0.2, 0.25) is 0 Å². The van der Waals surface area contributed by atoms with Crippen LogP contribution in [-0.2, 0) is 11.0 Å². The molecule has 182 valence electrons. The van der Waals surface area contributed by atoms with Crippen LogP contribution in [0.4, 0.5) is 43.8 Å². The first-order valence-electron chi connectivity index (χ1n) is 9.86. The molecule has 0 radical (unpaired) electrons. The van der Waals surface area contributed by atoms with Crippen molar-refractivity contribution in [1.29, 1.82) is 5.41 Å². The minimum absolute atomic E-state index is 0.00164. The molecule has 7 nitrogen and oxygen atoms in total. The summed E-state index contributed by atoms with van der Waals surface area (Å²) in [6.45, 7) is 1.20. The van der Waals surface area contributed by atoms with Gasteiger partial charge >= 0.3 is 12.2 Å². The van der Waals surface area contributed by atoms with Crippen LogP contribution < -0.4 is 21.7 Å². The maximum absolute atomic E-state index is 14.8. The summed E-state index contributed by atoms with van der Waals surface area (Å²) >= 11 is 0. The van der Waals surface area contributed by atoms with Gasteiger partial charge in [-0.1, -0.05) is 18.2 Å². The first-order chi connectivity index (χ1) is 16.4. The number of amides is 3. The van der Waals surface area contributed by atoms with E-state index in [2.05, 4.69) is 10.6 Å². The van der Waals surface area contributed by atoms with E-state index in [4.69, 9.17) is 11.1 Å². The number of urea groups is 1. The number of hydrogen-bond acceptors (Lipinski definition) is 4. The van der Waals surface area contributed by atoms with E-state index in [1.807, 2.05) is 5.32 Å². The number of anilines is 3. The van der Waals surface area contributed by atoms with E-state index in [9.17, 15) is 31.5 Å². The summed E-state index contributed by atoms with van der Waals surface area (Å²) < 4.78 is 67.1. The molecule has 0 aliphatic carbocycles. The first-order valence-corrected chi connectivity index (χ1v) is 9.86. The number of carbonyl (C=O) groups is 2. The lowest BCUT2D eigenvalue weighted by molar-refractivity contribution is -0.137. The van der Waals surface area contributed by atoms with Crippen molar-refractivity contribution in [2.75, 3.05) is 16.4 Å². The fourth-order valence-electron chi connectivity index (χ4n) is 3.09. The van der Waals surface area contributed by atoms with Crippen LogP contribution in [0, 0.1) is 17.0 Å². The molecule has 0 aliphatic heterocycles. The van der Waals surface area contributed by atoms with Gasteiger partial charge in [0, 0.05) is 23.7 Å². The lowest BCUT2D eigenvalue weighted by Gasteiger charge is -2.13. The van der Waals surface area contributed by atoms with Crippen LogP contribution in [0.5, 0.6) is 0 Å². The second kappa shape index (κ2) is 9.79. The normalized spacial score (nSPS) is 11.0. The molecule has 35 heavy (non-hydrogen) atoms. The molecule has 3 rings (SSSR count). The van der Waals surface area contributed by atoms with Gasteiger partial charge in [0.25, 0.3) is 0 Å². The lowest BCUT2D eigenvalue weighted by atomic mass is 10.0. The molecule has 0 bridgehead atoms. The third-order valence-electron chi connectivity index (χ3n) is 4.75. The predicted octanol–water partition coefficient (Wildman–Crippen LogP) is 5.34. The highest BCUT2D eigenvalue weighted by atomic mass is 19.4. The van der Waals surface area contributed by atoms with Crippen LogP contribution in [0.1, 0.15) is 18.1 Å². The Kier molecular flexibility index (Phi) is 7.04. The molecule has 3 aromatic carbocycles. The van der Waals surface area contributed by atoms with Crippen LogP contribution in [0.15, 0.2) is 54.6 Å². The Morgan fingerprint density at radius 1 is 0.943 bits per heavy atom. The topological polar surface area (TPSA) is 120 Å². The molecule has 0 heterocycles. The summed E-state index contributed by atoms with van der Waals surface area (Å²) in [6, 6.07) is 9.02. The molecule has 0 spiro atoms. The zero-order valence-electron chi connectivity index (χ0n) is 18.0. The molecule has 0 saturated carbocycles. The fourth-order valence-corrected chi connectivity index (χ4v) is 3.09. The molecule has 0 unspecified atom stereocenters. The minimum atomic E-state index is -4.71. The predicted molar refractivity (Wildman–Crippen MR) is 121 cm³/mol. The highest BCUT2D eigenvalue weighted by Gasteiger charge is 2.31. The van der Waals surface area contributed by atoms with Crippen LogP contribution >= 0.6 is 0 Å². The molecule has 0 aliphatic rings. The summed E-state index contributed by atoms with van der Waals surface area (Å²) in [7, 11) is 0. The Morgan fingerprint density at radius 3 is 2.20 bits per heavy atom. The molecule has 0 atom stereocenters. The molecule has 0 aromatic heterocycles. The number of hydrogen-bond donors (Lipinski definition) is 5. The number of nitrogen functional groups attached to an aromatic ring is 1. The number of carbonyl (C=O) groups excluding carboxylic acids is 2. The molecule has 0 saturated heterocycles. The summed E-state index contributed by atoms with van der Waals surface area (Å²) in [5.74, 6) is -2.74. The first kappa shape index (κ1) is 25.1. The fraction of sp³-hybridized carbons (Fsp3) is 0.0870. The van der Waals surface area contributed by atoms with Crippen molar-refractivity contribution < 1.29 is 31.5 Å². The Hall–Kier alpha value is -4.48. The van der Waals surface area contributed by atoms with E-state index in [1.54, 1.807) is 0 Å². The van der Waals surface area contributed by atoms with Gasteiger partial charge in [0.05, 0.1) is 16.9 Å². The number of nitrogens with one attached hydrogen (secondary N) is 4. The number of halogens is 5. The molecule has 12 heteroatoms. The monoisotopic (exact) mass is 491 g/mol. The Morgan fingerprint density at radius 2 is 1.60 bits per heavy atom. The second-order valence-corrected chi connectivity index (χ2v) is 7.29. The summed E-state index contributed by atoms with van der Waals surface area (Å²) in [4.78, 5) is 23.2. The van der Waals surface area contributed by atoms with E-state index < -0.39 is 41.0 Å². The Labute approximate surface area is 195 Å². The molecular weight excluding hydrogens is 473 g/mol. The number of amidine groups is 1. The summed E-state index contributed by atoms with van der Waals surface area (Å²) in [5, 5.41) is 14.4. The van der Waals surface area contributed by atoms with Crippen LogP contribution in [0.25, 0.3) is 11.1 Å². The van der Waals surface area contributed by atoms with E-state index in [0.717, 1.165) is 0 Å². The third-order valence-corrected chi connectivity index (χ3v) is 4.75. The van der Waals surface area contributed by atoms with Crippen molar-refractivity contribution in [1.82, 2.24) is 5.32 Å². The maximum Gasteiger partial charge on any atom is 0.416 e. The van der Waals surface area contributed by atoms with Crippen molar-refractivity contribution in [3.63, 3.8) is 0 Å². The number of nitrogens with two attached hydrogens (primary N) is 1. The summed E-state index contributed by atoms with van der Waals surface area (Å²) in [5.41, 5.74) is 4.30. The van der Waals surface area contributed by atoms with Crippen molar-refractivity contribution >= 4 is 34.8 Å². The van der Waals surface area contributed by atoms with Gasteiger partial charge < -0.3 is 21.7 Å². The second-order valence-electron chi connectivity index (χ2n) is 7.29. The Bertz CT molecular complexity index is 1310. The van der Waals surface area contributed by atoms with Crippen molar-refractivity contribution in [3.8, 4) is 11.1 Å². The molecule has 3 aromatic rings. The molecule has 3 amide bonds. The zero-order chi connectivity index (χ0) is 25.9. The van der Waals surface area contributed by atoms with Crippen molar-refractivity contribution in [2.45, 2.75) is 13.1 Å². The van der Waals surface area contributed by atoms with Gasteiger partial charge in [-0.3, -0.25) is 10.2 Å². The highest BCUT2D eigenvalue weighted by molar-refractivity contribution is 6.09. The maximum atomic E-state index is 14.8. The van der Waals surface area contributed by atoms with Gasteiger partial charge in [0.2, 0.25) is 5.91 Å². The Balaban J connectivity index is 1.74. The summed E-state index contributed by atoms with van der Waals surface area (Å²) in [6.07, 6.45) is -4.71. The minimum Gasteiger partial charge on any atom is -0.396 e. The van der Waals surface area contributed by atoms with Gasteiger partial charge in [0.1, 0.15) is 11.7 Å². The molecular formula is C23H18F5N5O2. The third kappa shape index (κ3) is 5.91. The van der Waals surface area contributed by atoms with Crippen LogP contribution in [-0.4, -0.2) is 17.8 Å². The standard InChI is InChI=1S/C23H18F5N5O2/c1-11(34)31-21(30)16-8-7-15(19(25)20(16)29)12-2-5-14(6-3-12)32-22(35)33-18-10-13(23(26,27)28)4-9-17(18)24/h2-10H,29H2,1H3,(H2,30,31,34)(H2,32,33,35). The van der Waals surface area contributed by atoms with Crippen molar-refractivity contribution in [3.05, 3.63) is 77.4 Å². The smallest absolute Gasteiger partial charge is 0.396 e. The SMILES string of the molecule is CC(=O)NC(=N)c1ccc(-c2ccc(NC(=O)Nc3cc(C(F)(F)F)ccc3F)cc2)c(F)c1N. The van der Waals surface area contributed by atoms with Gasteiger partial charge in [-0.15, -0.1) is 0 Å². The largest absolute Gasteiger partial charge is 0.416 e. The van der Waals surface area contributed by atoms with E-state index in [-0.39, 0.29) is 28.3 Å². The number of rotatable bonds is 4. The van der Waals surface area contributed by atoms with E-state index >= 15 is 0 Å².